The number of amides is 2. The molecule has 12 heteroatoms. The molecule has 0 aliphatic carbocycles. The van der Waals surface area contributed by atoms with Crippen LogP contribution in [0.4, 0.5) is 19.1 Å². The molecule has 0 atom stereocenters. The first kappa shape index (κ1) is 21.9. The lowest BCUT2D eigenvalue weighted by atomic mass is 10.2. The molecule has 0 saturated carbocycles. The van der Waals surface area contributed by atoms with Gasteiger partial charge in [0.15, 0.2) is 12.4 Å². The summed E-state index contributed by atoms with van der Waals surface area (Å²) in [7, 11) is 1.26. The predicted octanol–water partition coefficient (Wildman–Crippen LogP) is 2.02. The third kappa shape index (κ3) is 6.90. The second-order valence-corrected chi connectivity index (χ2v) is 5.84. The molecule has 0 aliphatic rings. The summed E-state index contributed by atoms with van der Waals surface area (Å²) in [5.41, 5.74) is 0.970. The summed E-state index contributed by atoms with van der Waals surface area (Å²) in [6.45, 7) is 1.42. The van der Waals surface area contributed by atoms with Crippen LogP contribution in [0.15, 0.2) is 18.3 Å². The molecule has 0 bridgehead atoms. The Labute approximate surface area is 163 Å². The summed E-state index contributed by atoms with van der Waals surface area (Å²) in [4.78, 5) is 35.2. The van der Waals surface area contributed by atoms with Gasteiger partial charge in [0, 0.05) is 25.4 Å². The van der Waals surface area contributed by atoms with Gasteiger partial charge in [-0.25, -0.2) is 15.0 Å². The number of anilines is 1. The lowest BCUT2D eigenvalue weighted by Gasteiger charge is -2.13. The number of carbonyl (C=O) groups is 2. The van der Waals surface area contributed by atoms with Gasteiger partial charge in [0.1, 0.15) is 5.69 Å². The van der Waals surface area contributed by atoms with Crippen LogP contribution >= 0.6 is 0 Å². The van der Waals surface area contributed by atoms with Gasteiger partial charge >= 0.3 is 6.18 Å². The molecule has 0 aromatic carbocycles. The molecule has 2 aromatic heterocycles. The highest BCUT2D eigenvalue weighted by Crippen LogP contribution is 2.27. The van der Waals surface area contributed by atoms with Gasteiger partial charge < -0.3 is 14.8 Å². The zero-order valence-corrected chi connectivity index (χ0v) is 15.8. The highest BCUT2D eigenvalue weighted by molar-refractivity contribution is 5.93. The predicted molar refractivity (Wildman–Crippen MR) is 94.6 cm³/mol. The lowest BCUT2D eigenvalue weighted by molar-refractivity contribution is -0.154. The van der Waals surface area contributed by atoms with Crippen LogP contribution in [0, 0.1) is 6.92 Å². The minimum Gasteiger partial charge on any atom is -0.491 e. The van der Waals surface area contributed by atoms with Crippen molar-refractivity contribution >= 4 is 17.8 Å². The first-order valence-electron chi connectivity index (χ1n) is 8.21. The minimum atomic E-state index is -4.51. The topological polar surface area (TPSA) is 115 Å². The number of hydrogen-bond acceptors (Lipinski definition) is 7. The van der Waals surface area contributed by atoms with Crippen LogP contribution in [0.3, 0.4) is 0 Å². The number of pyridine rings is 1. The highest BCUT2D eigenvalue weighted by Gasteiger charge is 2.29. The number of methoxy groups -OCH3 is 1. The van der Waals surface area contributed by atoms with Gasteiger partial charge in [0.25, 0.3) is 11.8 Å². The third-order valence-corrected chi connectivity index (χ3v) is 3.30. The molecule has 0 saturated heterocycles. The number of nitrogens with zero attached hydrogens (tertiary/aromatic N) is 3. The van der Waals surface area contributed by atoms with E-state index in [0.29, 0.717) is 11.3 Å². The maximum absolute atomic E-state index is 12.3. The van der Waals surface area contributed by atoms with E-state index in [9.17, 15) is 22.8 Å². The largest absolute Gasteiger partial charge is 0.491 e. The van der Waals surface area contributed by atoms with E-state index in [1.165, 1.54) is 32.4 Å². The molecular formula is C17H18F3N5O4. The summed E-state index contributed by atoms with van der Waals surface area (Å²) in [5, 5.41) is 4.99. The van der Waals surface area contributed by atoms with Crippen LogP contribution in [0.25, 0.3) is 0 Å². The van der Waals surface area contributed by atoms with E-state index < -0.39 is 18.7 Å². The van der Waals surface area contributed by atoms with Crippen molar-refractivity contribution in [3.05, 3.63) is 35.3 Å². The molecule has 29 heavy (non-hydrogen) atoms. The van der Waals surface area contributed by atoms with Crippen molar-refractivity contribution in [2.75, 3.05) is 19.0 Å². The Morgan fingerprint density at radius 2 is 1.93 bits per heavy atom. The van der Waals surface area contributed by atoms with E-state index in [1.54, 1.807) is 6.92 Å². The summed E-state index contributed by atoms with van der Waals surface area (Å²) >= 11 is 0. The van der Waals surface area contributed by atoms with Crippen molar-refractivity contribution in [2.24, 2.45) is 0 Å². The van der Waals surface area contributed by atoms with Crippen molar-refractivity contribution in [3.8, 4) is 11.6 Å². The van der Waals surface area contributed by atoms with Crippen molar-refractivity contribution in [2.45, 2.75) is 26.6 Å². The number of hydrogen-bond donors (Lipinski definition) is 2. The quantitative estimate of drug-likeness (QED) is 0.714. The van der Waals surface area contributed by atoms with Gasteiger partial charge in [-0.2, -0.15) is 13.2 Å². The third-order valence-electron chi connectivity index (χ3n) is 3.30. The number of aryl methyl sites for hydroxylation is 1. The Balaban J connectivity index is 2.06. The zero-order chi connectivity index (χ0) is 21.6. The fourth-order valence-corrected chi connectivity index (χ4v) is 2.15. The Hall–Kier alpha value is -3.44. The molecule has 0 aliphatic heterocycles. The van der Waals surface area contributed by atoms with E-state index >= 15 is 0 Å². The number of ether oxygens (including phenoxy) is 2. The lowest BCUT2D eigenvalue weighted by Crippen LogP contribution is -2.25. The molecule has 0 fully saturated rings. The van der Waals surface area contributed by atoms with Crippen molar-refractivity contribution < 1.29 is 32.2 Å². The van der Waals surface area contributed by atoms with Gasteiger partial charge in [-0.1, -0.05) is 0 Å². The maximum atomic E-state index is 12.3. The molecule has 2 aromatic rings. The van der Waals surface area contributed by atoms with E-state index in [0.717, 1.165) is 0 Å². The standard InChI is InChI=1S/C17H18F3N5O4/c1-9-4-12(25-16(23-9)24-10(2)26)14(27)21-6-11-5-13(28-3)15(22-7-11)29-8-17(18,19)20/h4-5,7H,6,8H2,1-3H3,(H,21,27)(H,23,24,25,26). The Morgan fingerprint density at radius 3 is 2.55 bits per heavy atom. The number of carbonyl (C=O) groups excluding carboxylic acids is 2. The smallest absolute Gasteiger partial charge is 0.422 e. The van der Waals surface area contributed by atoms with Crippen LogP contribution in [0.1, 0.15) is 28.7 Å². The molecule has 156 valence electrons. The van der Waals surface area contributed by atoms with Gasteiger partial charge in [0.2, 0.25) is 11.9 Å². The van der Waals surface area contributed by atoms with Crippen LogP contribution in [0.5, 0.6) is 11.6 Å². The van der Waals surface area contributed by atoms with Crippen LogP contribution < -0.4 is 20.1 Å². The summed E-state index contributed by atoms with van der Waals surface area (Å²) in [6, 6.07) is 2.83. The van der Waals surface area contributed by atoms with Crippen molar-refractivity contribution in [1.29, 1.82) is 0 Å². The van der Waals surface area contributed by atoms with Crippen molar-refractivity contribution in [3.63, 3.8) is 0 Å². The second-order valence-electron chi connectivity index (χ2n) is 5.84. The monoisotopic (exact) mass is 413 g/mol. The highest BCUT2D eigenvalue weighted by atomic mass is 19.4. The molecule has 0 radical (unpaired) electrons. The first-order chi connectivity index (χ1) is 13.6. The van der Waals surface area contributed by atoms with Gasteiger partial charge in [0.05, 0.1) is 7.11 Å². The molecule has 2 rings (SSSR count). The number of nitrogens with one attached hydrogen (secondary N) is 2. The van der Waals surface area contributed by atoms with Crippen LogP contribution in [-0.4, -0.2) is 46.7 Å². The van der Waals surface area contributed by atoms with Crippen LogP contribution in [0.2, 0.25) is 0 Å². The second kappa shape index (κ2) is 9.17. The van der Waals surface area contributed by atoms with Gasteiger partial charge in [-0.05, 0) is 24.6 Å². The van der Waals surface area contributed by atoms with E-state index in [-0.39, 0.29) is 35.7 Å². The summed E-state index contributed by atoms with van der Waals surface area (Å²) in [6.07, 6.45) is -3.26. The number of aromatic nitrogens is 3. The Kier molecular flexibility index (Phi) is 6.91. The number of alkyl halides is 3. The first-order valence-corrected chi connectivity index (χ1v) is 8.21. The SMILES string of the molecule is COc1cc(CNC(=O)c2cc(C)nc(NC(C)=O)n2)cnc1OCC(F)(F)F. The zero-order valence-electron chi connectivity index (χ0n) is 15.8. The van der Waals surface area contributed by atoms with Crippen molar-refractivity contribution in [1.82, 2.24) is 20.3 Å². The molecule has 9 nitrogen and oxygen atoms in total. The number of halogens is 3. The minimum absolute atomic E-state index is 0.000263. The van der Waals surface area contributed by atoms with E-state index in [2.05, 4.69) is 30.3 Å². The summed E-state index contributed by atoms with van der Waals surface area (Å²) in [5.74, 6) is -1.25. The number of rotatable bonds is 7. The molecule has 0 spiro atoms. The van der Waals surface area contributed by atoms with E-state index in [4.69, 9.17) is 4.74 Å². The van der Waals surface area contributed by atoms with E-state index in [1.807, 2.05) is 0 Å². The average Bonchev–Trinajstić information content (AvgIpc) is 2.62. The molecule has 0 unspecified atom stereocenters. The fourth-order valence-electron chi connectivity index (χ4n) is 2.15. The average molecular weight is 413 g/mol. The molecule has 2 heterocycles. The van der Waals surface area contributed by atoms with Crippen LogP contribution in [-0.2, 0) is 11.3 Å². The normalized spacial score (nSPS) is 11.0. The Morgan fingerprint density at radius 1 is 1.21 bits per heavy atom. The molecular weight excluding hydrogens is 395 g/mol. The van der Waals surface area contributed by atoms with Gasteiger partial charge in [-0.3, -0.25) is 14.9 Å². The summed E-state index contributed by atoms with van der Waals surface area (Å²) < 4.78 is 46.4. The molecule has 2 N–H and O–H groups in total. The maximum Gasteiger partial charge on any atom is 0.422 e. The Bertz CT molecular complexity index is 905. The van der Waals surface area contributed by atoms with Gasteiger partial charge in [-0.15, -0.1) is 0 Å². The molecule has 2 amide bonds. The fraction of sp³-hybridized carbons (Fsp3) is 0.353.